The van der Waals surface area contributed by atoms with E-state index in [4.69, 9.17) is 9.73 Å². The van der Waals surface area contributed by atoms with Crippen molar-refractivity contribution in [3.8, 4) is 5.75 Å². The molecule has 2 fully saturated rings. The number of hydrogen-bond acceptors (Lipinski definition) is 6. The van der Waals surface area contributed by atoms with Gasteiger partial charge in [-0.05, 0) is 29.8 Å². The SMILES string of the molecule is COc1cccc(N2CCN3C2=NC2C3C(=O)N(Cc3ccc(F)cc3)C(=O)N2C)c1. The van der Waals surface area contributed by atoms with E-state index in [1.807, 2.05) is 34.1 Å². The third-order valence-corrected chi connectivity index (χ3v) is 6.00. The Morgan fingerprint density at radius 1 is 1.13 bits per heavy atom. The Morgan fingerprint density at radius 3 is 2.65 bits per heavy atom. The van der Waals surface area contributed by atoms with Crippen molar-refractivity contribution < 1.29 is 18.7 Å². The molecule has 3 aliphatic heterocycles. The summed E-state index contributed by atoms with van der Waals surface area (Å²) in [6.07, 6.45) is -0.576. The lowest BCUT2D eigenvalue weighted by Crippen LogP contribution is -2.64. The molecule has 2 unspecified atom stereocenters. The zero-order valence-corrected chi connectivity index (χ0v) is 17.2. The van der Waals surface area contributed by atoms with Crippen molar-refractivity contribution >= 4 is 23.6 Å². The number of carbonyl (C=O) groups is 2. The molecular weight excluding hydrogens is 401 g/mol. The number of anilines is 1. The fourth-order valence-corrected chi connectivity index (χ4v) is 4.38. The fraction of sp³-hybridized carbons (Fsp3) is 0.318. The van der Waals surface area contributed by atoms with Gasteiger partial charge in [-0.2, -0.15) is 0 Å². The average Bonchev–Trinajstić information content (AvgIpc) is 3.36. The van der Waals surface area contributed by atoms with Gasteiger partial charge in [0.05, 0.1) is 13.7 Å². The molecular formula is C22H22FN5O3. The topological polar surface area (TPSA) is 68.7 Å². The number of amides is 3. The Kier molecular flexibility index (Phi) is 4.53. The highest BCUT2D eigenvalue weighted by molar-refractivity contribution is 6.08. The Bertz CT molecular complexity index is 1070. The Hall–Kier alpha value is -3.62. The van der Waals surface area contributed by atoms with E-state index in [0.717, 1.165) is 11.4 Å². The van der Waals surface area contributed by atoms with Crippen LogP contribution < -0.4 is 9.64 Å². The molecule has 31 heavy (non-hydrogen) atoms. The number of ether oxygens (including phenoxy) is 1. The Labute approximate surface area is 179 Å². The van der Waals surface area contributed by atoms with Crippen LogP contribution in [0.4, 0.5) is 14.9 Å². The number of likely N-dealkylation sites (N-methyl/N-ethyl adjacent to an activating group) is 1. The zero-order chi connectivity index (χ0) is 21.7. The molecule has 2 aromatic rings. The van der Waals surface area contributed by atoms with Crippen molar-refractivity contribution in [2.75, 3.05) is 32.1 Å². The van der Waals surface area contributed by atoms with Crippen LogP contribution >= 0.6 is 0 Å². The summed E-state index contributed by atoms with van der Waals surface area (Å²) in [5, 5.41) is 0. The van der Waals surface area contributed by atoms with Crippen molar-refractivity contribution in [1.29, 1.82) is 0 Å². The van der Waals surface area contributed by atoms with Crippen molar-refractivity contribution in [3.05, 3.63) is 59.9 Å². The number of halogens is 1. The van der Waals surface area contributed by atoms with E-state index >= 15 is 0 Å². The first-order valence-corrected chi connectivity index (χ1v) is 10.1. The van der Waals surface area contributed by atoms with Crippen LogP contribution in [0.15, 0.2) is 53.5 Å². The summed E-state index contributed by atoms with van der Waals surface area (Å²) < 4.78 is 18.6. The van der Waals surface area contributed by atoms with Crippen molar-refractivity contribution in [2.45, 2.75) is 18.8 Å². The first kappa shape index (κ1) is 19.3. The molecule has 0 aromatic heterocycles. The zero-order valence-electron chi connectivity index (χ0n) is 17.2. The number of carbonyl (C=O) groups excluding carboxylic acids is 2. The van der Waals surface area contributed by atoms with Gasteiger partial charge in [-0.15, -0.1) is 0 Å². The second-order valence-electron chi connectivity index (χ2n) is 7.78. The van der Waals surface area contributed by atoms with E-state index in [0.29, 0.717) is 24.6 Å². The smallest absolute Gasteiger partial charge is 0.328 e. The number of rotatable bonds is 4. The molecule has 0 radical (unpaired) electrons. The fourth-order valence-electron chi connectivity index (χ4n) is 4.38. The summed E-state index contributed by atoms with van der Waals surface area (Å²) in [5.74, 6) is 0.769. The maximum Gasteiger partial charge on any atom is 0.328 e. The summed E-state index contributed by atoms with van der Waals surface area (Å²) in [5.41, 5.74) is 1.61. The van der Waals surface area contributed by atoms with Crippen molar-refractivity contribution in [3.63, 3.8) is 0 Å². The molecule has 9 heteroatoms. The van der Waals surface area contributed by atoms with Crippen LogP contribution in [0.2, 0.25) is 0 Å². The molecule has 2 saturated heterocycles. The van der Waals surface area contributed by atoms with Crippen molar-refractivity contribution in [1.82, 2.24) is 14.7 Å². The second kappa shape index (κ2) is 7.26. The van der Waals surface area contributed by atoms with Gasteiger partial charge in [-0.25, -0.2) is 14.2 Å². The van der Waals surface area contributed by atoms with Crippen LogP contribution in [0.3, 0.4) is 0 Å². The summed E-state index contributed by atoms with van der Waals surface area (Å²) in [6.45, 7) is 1.39. The number of hydrogen-bond donors (Lipinski definition) is 0. The molecule has 0 spiro atoms. The second-order valence-corrected chi connectivity index (χ2v) is 7.78. The lowest BCUT2D eigenvalue weighted by atomic mass is 10.1. The molecule has 5 rings (SSSR count). The first-order valence-electron chi connectivity index (χ1n) is 10.1. The van der Waals surface area contributed by atoms with Crippen LogP contribution in [0.25, 0.3) is 0 Å². The quantitative estimate of drug-likeness (QED) is 0.754. The molecule has 0 bridgehead atoms. The molecule has 0 saturated carbocycles. The molecule has 0 aliphatic carbocycles. The number of methoxy groups -OCH3 is 1. The number of fused-ring (bicyclic) bond motifs is 3. The molecule has 0 N–H and O–H groups in total. The summed E-state index contributed by atoms with van der Waals surface area (Å²) in [4.78, 5) is 37.8. The van der Waals surface area contributed by atoms with Crippen LogP contribution in [0.1, 0.15) is 5.56 Å². The van der Waals surface area contributed by atoms with Gasteiger partial charge in [-0.3, -0.25) is 9.69 Å². The average molecular weight is 423 g/mol. The highest BCUT2D eigenvalue weighted by Crippen LogP contribution is 2.34. The predicted octanol–water partition coefficient (Wildman–Crippen LogP) is 2.11. The van der Waals surface area contributed by atoms with E-state index in [2.05, 4.69) is 0 Å². The van der Waals surface area contributed by atoms with Crippen LogP contribution in [-0.2, 0) is 11.3 Å². The van der Waals surface area contributed by atoms with Crippen LogP contribution in [0.5, 0.6) is 5.75 Å². The van der Waals surface area contributed by atoms with Gasteiger partial charge in [0.2, 0.25) is 5.96 Å². The minimum absolute atomic E-state index is 0.0915. The molecule has 3 aliphatic rings. The number of nitrogens with zero attached hydrogens (tertiary/aromatic N) is 5. The van der Waals surface area contributed by atoms with Gasteiger partial charge >= 0.3 is 6.03 Å². The van der Waals surface area contributed by atoms with Gasteiger partial charge in [0, 0.05) is 31.9 Å². The lowest BCUT2D eigenvalue weighted by Gasteiger charge is -2.40. The van der Waals surface area contributed by atoms with E-state index in [-0.39, 0.29) is 18.3 Å². The standard InChI is InChI=1S/C22H22FN5O3/c1-25-19-18(20(29)28(22(25)30)13-14-6-8-15(23)9-7-14)27-11-10-26(21(27)24-19)16-4-3-5-17(12-16)31-2/h3-9,12,18-19H,10-11,13H2,1-2H3. The van der Waals surface area contributed by atoms with Crippen molar-refractivity contribution in [2.24, 2.45) is 4.99 Å². The Balaban J connectivity index is 1.43. The largest absolute Gasteiger partial charge is 0.497 e. The number of urea groups is 1. The minimum atomic E-state index is -0.576. The maximum atomic E-state index is 13.4. The van der Waals surface area contributed by atoms with E-state index in [1.165, 1.54) is 21.9 Å². The van der Waals surface area contributed by atoms with E-state index in [1.54, 1.807) is 26.3 Å². The summed E-state index contributed by atoms with van der Waals surface area (Å²) >= 11 is 0. The van der Waals surface area contributed by atoms with Crippen LogP contribution in [0, 0.1) is 5.82 Å². The van der Waals surface area contributed by atoms with Gasteiger partial charge < -0.3 is 19.4 Å². The highest BCUT2D eigenvalue weighted by atomic mass is 19.1. The molecule has 160 valence electrons. The first-order chi connectivity index (χ1) is 15.0. The molecule has 2 atom stereocenters. The molecule has 2 aromatic carbocycles. The monoisotopic (exact) mass is 423 g/mol. The number of imide groups is 1. The molecule has 3 heterocycles. The van der Waals surface area contributed by atoms with Gasteiger partial charge in [0.1, 0.15) is 11.6 Å². The van der Waals surface area contributed by atoms with Gasteiger partial charge in [-0.1, -0.05) is 18.2 Å². The van der Waals surface area contributed by atoms with Gasteiger partial charge in [0.15, 0.2) is 12.2 Å². The molecule has 8 nitrogen and oxygen atoms in total. The number of aliphatic imine (C=N–C) groups is 1. The lowest BCUT2D eigenvalue weighted by molar-refractivity contribution is -0.137. The number of benzene rings is 2. The Morgan fingerprint density at radius 2 is 1.90 bits per heavy atom. The molecule has 3 amide bonds. The summed E-state index contributed by atoms with van der Waals surface area (Å²) in [7, 11) is 3.28. The minimum Gasteiger partial charge on any atom is -0.497 e. The van der Waals surface area contributed by atoms with E-state index < -0.39 is 18.2 Å². The van der Waals surface area contributed by atoms with Crippen LogP contribution in [-0.4, -0.2) is 72.1 Å². The normalized spacial score (nSPS) is 22.6. The number of guanidine groups is 1. The highest BCUT2D eigenvalue weighted by Gasteiger charge is 2.54. The van der Waals surface area contributed by atoms with Gasteiger partial charge in [0.25, 0.3) is 5.91 Å². The van der Waals surface area contributed by atoms with E-state index in [9.17, 15) is 14.0 Å². The maximum absolute atomic E-state index is 13.4. The summed E-state index contributed by atoms with van der Waals surface area (Å²) in [6, 6.07) is 12.5. The third-order valence-electron chi connectivity index (χ3n) is 6.00. The predicted molar refractivity (Wildman–Crippen MR) is 112 cm³/mol. The third kappa shape index (κ3) is 3.08.